The number of rotatable bonds is 3. The predicted octanol–water partition coefficient (Wildman–Crippen LogP) is 3.26. The largest absolute Gasteiger partial charge is 0.493 e. The molecular weight excluding hydrogens is 220 g/mol. The van der Waals surface area contributed by atoms with E-state index >= 15 is 0 Å². The van der Waals surface area contributed by atoms with E-state index in [2.05, 4.69) is 13.8 Å². The van der Waals surface area contributed by atoms with Crippen LogP contribution >= 0.6 is 0 Å². The summed E-state index contributed by atoms with van der Waals surface area (Å²) >= 11 is 0. The van der Waals surface area contributed by atoms with E-state index < -0.39 is 5.97 Å². The normalized spacial score (nSPS) is 11.1. The highest BCUT2D eigenvalue weighted by Gasteiger charge is 2.17. The molecule has 4 heteroatoms. The van der Waals surface area contributed by atoms with Crippen LogP contribution in [0.2, 0.25) is 0 Å². The first-order valence-corrected chi connectivity index (χ1v) is 5.38. The van der Waals surface area contributed by atoms with Crippen LogP contribution in [0.4, 0.5) is 0 Å². The van der Waals surface area contributed by atoms with Gasteiger partial charge in [-0.3, -0.25) is 0 Å². The summed E-state index contributed by atoms with van der Waals surface area (Å²) in [4.78, 5) is 10.9. The number of ether oxygens (including phenoxy) is 1. The summed E-state index contributed by atoms with van der Waals surface area (Å²) in [5, 5.41) is 9.75. The number of carboxylic acids is 1. The number of benzene rings is 1. The van der Waals surface area contributed by atoms with Crippen LogP contribution in [0.5, 0.6) is 5.75 Å². The Morgan fingerprint density at radius 1 is 1.41 bits per heavy atom. The number of carboxylic acid groups (broad SMARTS) is 1. The zero-order valence-electron chi connectivity index (χ0n) is 9.98. The van der Waals surface area contributed by atoms with Gasteiger partial charge in [-0.15, -0.1) is 0 Å². The van der Waals surface area contributed by atoms with Gasteiger partial charge in [0.15, 0.2) is 11.3 Å². The summed E-state index contributed by atoms with van der Waals surface area (Å²) in [6, 6.07) is 5.29. The average molecular weight is 234 g/mol. The monoisotopic (exact) mass is 234 g/mol. The van der Waals surface area contributed by atoms with E-state index in [4.69, 9.17) is 14.3 Å². The third-order valence-corrected chi connectivity index (χ3v) is 2.73. The van der Waals surface area contributed by atoms with Crippen molar-refractivity contribution >= 4 is 16.9 Å². The summed E-state index contributed by atoms with van der Waals surface area (Å²) in [5.74, 6) is -0.288. The summed E-state index contributed by atoms with van der Waals surface area (Å²) in [6.45, 7) is 4.10. The molecule has 17 heavy (non-hydrogen) atoms. The van der Waals surface area contributed by atoms with Crippen LogP contribution < -0.4 is 4.74 Å². The summed E-state index contributed by atoms with van der Waals surface area (Å²) in [6.07, 6.45) is 0. The number of hydrogen-bond acceptors (Lipinski definition) is 3. The Balaban J connectivity index is 2.76. The fourth-order valence-electron chi connectivity index (χ4n) is 1.89. The first-order valence-electron chi connectivity index (χ1n) is 5.38. The van der Waals surface area contributed by atoms with Crippen LogP contribution in [0.1, 0.15) is 35.9 Å². The molecule has 0 aliphatic heterocycles. The molecule has 0 spiro atoms. The Hall–Kier alpha value is -1.97. The lowest BCUT2D eigenvalue weighted by molar-refractivity contribution is 0.0665. The Morgan fingerprint density at radius 2 is 2.12 bits per heavy atom. The highest BCUT2D eigenvalue weighted by Crippen LogP contribution is 2.34. The molecule has 2 aromatic rings. The van der Waals surface area contributed by atoms with E-state index in [-0.39, 0.29) is 5.76 Å². The Kier molecular flexibility index (Phi) is 2.79. The van der Waals surface area contributed by atoms with Gasteiger partial charge in [-0.25, -0.2) is 4.79 Å². The van der Waals surface area contributed by atoms with Crippen LogP contribution in [0.15, 0.2) is 22.6 Å². The number of fused-ring (bicyclic) bond motifs is 1. The molecule has 0 radical (unpaired) electrons. The quantitative estimate of drug-likeness (QED) is 0.885. The zero-order chi connectivity index (χ0) is 12.6. The fourth-order valence-corrected chi connectivity index (χ4v) is 1.89. The summed E-state index contributed by atoms with van der Waals surface area (Å²) in [7, 11) is 1.53. The van der Waals surface area contributed by atoms with Gasteiger partial charge in [-0.1, -0.05) is 19.9 Å². The van der Waals surface area contributed by atoms with Crippen LogP contribution in [0, 0.1) is 0 Å². The second-order valence-electron chi connectivity index (χ2n) is 4.17. The van der Waals surface area contributed by atoms with Gasteiger partial charge in [0.2, 0.25) is 5.76 Å². The van der Waals surface area contributed by atoms with E-state index in [1.165, 1.54) is 7.11 Å². The molecule has 0 fully saturated rings. The highest BCUT2D eigenvalue weighted by molar-refractivity contribution is 5.95. The van der Waals surface area contributed by atoms with E-state index in [9.17, 15) is 4.79 Å². The minimum atomic E-state index is -1.07. The van der Waals surface area contributed by atoms with Crippen molar-refractivity contribution in [3.8, 4) is 5.75 Å². The Bertz CT molecular complexity index is 566. The van der Waals surface area contributed by atoms with E-state index in [0.29, 0.717) is 17.3 Å². The van der Waals surface area contributed by atoms with Crippen LogP contribution in [-0.2, 0) is 0 Å². The second kappa shape index (κ2) is 4.13. The molecule has 0 saturated heterocycles. The van der Waals surface area contributed by atoms with E-state index in [0.717, 1.165) is 10.9 Å². The SMILES string of the molecule is COc1ccc(C(C)C)c2cc(C(=O)O)oc12. The molecule has 4 nitrogen and oxygen atoms in total. The van der Waals surface area contributed by atoms with Crippen molar-refractivity contribution in [2.45, 2.75) is 19.8 Å². The number of hydrogen-bond donors (Lipinski definition) is 1. The van der Waals surface area contributed by atoms with Gasteiger partial charge >= 0.3 is 5.97 Å². The van der Waals surface area contributed by atoms with Gasteiger partial charge in [0.1, 0.15) is 0 Å². The maximum Gasteiger partial charge on any atom is 0.371 e. The van der Waals surface area contributed by atoms with E-state index in [1.54, 1.807) is 12.1 Å². The Labute approximate surface area is 98.8 Å². The minimum absolute atomic E-state index is 0.0635. The molecule has 1 N–H and O–H groups in total. The minimum Gasteiger partial charge on any atom is -0.493 e. The lowest BCUT2D eigenvalue weighted by atomic mass is 9.99. The van der Waals surface area contributed by atoms with Gasteiger partial charge in [-0.2, -0.15) is 0 Å². The van der Waals surface area contributed by atoms with Crippen molar-refractivity contribution in [2.24, 2.45) is 0 Å². The van der Waals surface area contributed by atoms with Gasteiger partial charge in [0.05, 0.1) is 7.11 Å². The van der Waals surface area contributed by atoms with Crippen molar-refractivity contribution in [3.63, 3.8) is 0 Å². The number of furan rings is 1. The number of methoxy groups -OCH3 is 1. The Morgan fingerprint density at radius 3 is 2.65 bits per heavy atom. The van der Waals surface area contributed by atoms with Crippen molar-refractivity contribution in [1.29, 1.82) is 0 Å². The van der Waals surface area contributed by atoms with Gasteiger partial charge < -0.3 is 14.3 Å². The molecule has 90 valence electrons. The van der Waals surface area contributed by atoms with Gasteiger partial charge in [-0.05, 0) is 23.6 Å². The molecule has 1 heterocycles. The molecular formula is C13H14O4. The highest BCUT2D eigenvalue weighted by atomic mass is 16.5. The lowest BCUT2D eigenvalue weighted by Gasteiger charge is -2.08. The number of carbonyl (C=O) groups is 1. The molecule has 1 aromatic heterocycles. The second-order valence-corrected chi connectivity index (χ2v) is 4.17. The average Bonchev–Trinajstić information content (AvgIpc) is 2.71. The molecule has 0 aliphatic rings. The van der Waals surface area contributed by atoms with Crippen molar-refractivity contribution in [1.82, 2.24) is 0 Å². The first-order chi connectivity index (χ1) is 8.04. The van der Waals surface area contributed by atoms with E-state index in [1.807, 2.05) is 6.07 Å². The summed E-state index contributed by atoms with van der Waals surface area (Å²) in [5.41, 5.74) is 1.55. The van der Waals surface area contributed by atoms with Crippen molar-refractivity contribution < 1.29 is 19.1 Å². The molecule has 0 unspecified atom stereocenters. The standard InChI is InChI=1S/C13H14O4/c1-7(2)8-4-5-10(16-3)12-9(8)6-11(17-12)13(14)15/h4-7H,1-3H3,(H,14,15). The third kappa shape index (κ3) is 1.86. The smallest absolute Gasteiger partial charge is 0.371 e. The molecule has 0 amide bonds. The molecule has 0 saturated carbocycles. The molecule has 1 aromatic carbocycles. The molecule has 0 bridgehead atoms. The van der Waals surface area contributed by atoms with Crippen molar-refractivity contribution in [2.75, 3.05) is 7.11 Å². The van der Waals surface area contributed by atoms with Gasteiger partial charge in [0, 0.05) is 5.39 Å². The third-order valence-electron chi connectivity index (χ3n) is 2.73. The molecule has 2 rings (SSSR count). The molecule has 0 aliphatic carbocycles. The lowest BCUT2D eigenvalue weighted by Crippen LogP contribution is -1.91. The van der Waals surface area contributed by atoms with Crippen LogP contribution in [-0.4, -0.2) is 18.2 Å². The summed E-state index contributed by atoms with van der Waals surface area (Å²) < 4.78 is 10.5. The van der Waals surface area contributed by atoms with Crippen LogP contribution in [0.25, 0.3) is 11.0 Å². The number of aromatic carboxylic acids is 1. The maximum atomic E-state index is 10.9. The van der Waals surface area contributed by atoms with Crippen molar-refractivity contribution in [3.05, 3.63) is 29.5 Å². The first kappa shape index (κ1) is 11.5. The zero-order valence-corrected chi connectivity index (χ0v) is 9.98. The van der Waals surface area contributed by atoms with Gasteiger partial charge in [0.25, 0.3) is 0 Å². The molecule has 0 atom stereocenters. The predicted molar refractivity (Wildman–Crippen MR) is 63.8 cm³/mol. The topological polar surface area (TPSA) is 59.7 Å². The maximum absolute atomic E-state index is 10.9. The van der Waals surface area contributed by atoms with Crippen LogP contribution in [0.3, 0.4) is 0 Å². The fraction of sp³-hybridized carbons (Fsp3) is 0.308.